The number of carbonyl (C=O) groups is 1. The number of benzene rings is 1. The van der Waals surface area contributed by atoms with Crippen LogP contribution in [0.25, 0.3) is 0 Å². The summed E-state index contributed by atoms with van der Waals surface area (Å²) in [5, 5.41) is 7.27. The van der Waals surface area contributed by atoms with Gasteiger partial charge in [0, 0.05) is 20.1 Å². The van der Waals surface area contributed by atoms with E-state index >= 15 is 0 Å². The maximum absolute atomic E-state index is 13.5. The Morgan fingerprint density at radius 2 is 2.15 bits per heavy atom. The first-order valence-electron chi connectivity index (χ1n) is 5.85. The number of methoxy groups -OCH3 is 1. The van der Waals surface area contributed by atoms with Crippen molar-refractivity contribution in [2.24, 2.45) is 11.1 Å². The van der Waals surface area contributed by atoms with Crippen LogP contribution in [-0.2, 0) is 19.6 Å². The number of sulfonamides is 1. The maximum Gasteiger partial charge on any atom is 0.238 e. The fraction of sp³-hybridized carbons (Fsp3) is 0.417. The van der Waals surface area contributed by atoms with Crippen LogP contribution in [0, 0.1) is 11.7 Å². The monoisotopic (exact) mass is 304 g/mol. The summed E-state index contributed by atoms with van der Waals surface area (Å²) in [6, 6.07) is 2.96. The molecule has 0 aliphatic rings. The van der Waals surface area contributed by atoms with E-state index in [1.807, 2.05) is 0 Å². The Morgan fingerprint density at radius 3 is 2.70 bits per heavy atom. The molecule has 0 aromatic heterocycles. The Kier molecular flexibility index (Phi) is 5.61. The van der Waals surface area contributed by atoms with Gasteiger partial charge in [-0.3, -0.25) is 4.79 Å². The third kappa shape index (κ3) is 4.87. The zero-order chi connectivity index (χ0) is 15.3. The predicted octanol–water partition coefficient (Wildman–Crippen LogP) is 1.08. The summed E-state index contributed by atoms with van der Waals surface area (Å²) in [6.45, 7) is 2.20. The molecule has 6 nitrogen and oxygen atoms in total. The van der Waals surface area contributed by atoms with Gasteiger partial charge in [0.05, 0.1) is 10.6 Å². The molecule has 0 bridgehead atoms. The molecule has 1 aromatic carbocycles. The van der Waals surface area contributed by atoms with Crippen LogP contribution in [0.2, 0.25) is 0 Å². The van der Waals surface area contributed by atoms with Crippen molar-refractivity contribution in [3.63, 3.8) is 0 Å². The molecule has 0 aliphatic heterocycles. The number of hydrogen-bond acceptors (Lipinski definition) is 4. The second kappa shape index (κ2) is 6.78. The Hall–Kier alpha value is -1.51. The summed E-state index contributed by atoms with van der Waals surface area (Å²) in [6.07, 6.45) is 0.132. The summed E-state index contributed by atoms with van der Waals surface area (Å²) in [4.78, 5) is 11.4. The second-order valence-corrected chi connectivity index (χ2v) is 6.06. The molecule has 20 heavy (non-hydrogen) atoms. The van der Waals surface area contributed by atoms with Crippen molar-refractivity contribution < 1.29 is 22.3 Å². The summed E-state index contributed by atoms with van der Waals surface area (Å²) in [5.41, 5.74) is -0.217. The summed E-state index contributed by atoms with van der Waals surface area (Å²) >= 11 is 0. The van der Waals surface area contributed by atoms with Gasteiger partial charge >= 0.3 is 0 Å². The Labute approximate surface area is 117 Å². The van der Waals surface area contributed by atoms with Gasteiger partial charge in [0.25, 0.3) is 0 Å². The van der Waals surface area contributed by atoms with E-state index in [-0.39, 0.29) is 22.9 Å². The molecule has 8 heteroatoms. The van der Waals surface area contributed by atoms with Gasteiger partial charge in [0.2, 0.25) is 15.9 Å². The lowest BCUT2D eigenvalue weighted by Crippen LogP contribution is -2.19. The van der Waals surface area contributed by atoms with Crippen molar-refractivity contribution in [1.29, 1.82) is 0 Å². The van der Waals surface area contributed by atoms with Gasteiger partial charge < -0.3 is 10.1 Å². The third-order valence-corrected chi connectivity index (χ3v) is 3.44. The minimum Gasteiger partial charge on any atom is -0.384 e. The molecule has 1 amide bonds. The van der Waals surface area contributed by atoms with Crippen LogP contribution in [0.1, 0.15) is 13.3 Å². The molecule has 1 aromatic rings. The second-order valence-electron chi connectivity index (χ2n) is 4.50. The number of carbonyl (C=O) groups excluding carboxylic acids is 1. The van der Waals surface area contributed by atoms with Crippen LogP contribution >= 0.6 is 0 Å². The number of rotatable bonds is 6. The highest BCUT2D eigenvalue weighted by Crippen LogP contribution is 2.19. The molecule has 3 N–H and O–H groups in total. The average molecular weight is 304 g/mol. The Balaban J connectivity index is 2.84. The predicted molar refractivity (Wildman–Crippen MR) is 72.1 cm³/mol. The van der Waals surface area contributed by atoms with Crippen molar-refractivity contribution in [1.82, 2.24) is 0 Å². The summed E-state index contributed by atoms with van der Waals surface area (Å²) in [5.74, 6) is -1.20. The number of hydrogen-bond donors (Lipinski definition) is 2. The van der Waals surface area contributed by atoms with Crippen molar-refractivity contribution in [2.75, 3.05) is 19.0 Å². The molecule has 0 heterocycles. The van der Waals surface area contributed by atoms with Crippen LogP contribution in [0.4, 0.5) is 10.1 Å². The molecule has 0 spiro atoms. The average Bonchev–Trinajstić information content (AvgIpc) is 2.30. The third-order valence-electron chi connectivity index (χ3n) is 2.53. The number of primary sulfonamides is 1. The van der Waals surface area contributed by atoms with Gasteiger partial charge in [0.15, 0.2) is 0 Å². The van der Waals surface area contributed by atoms with Crippen LogP contribution in [0.5, 0.6) is 0 Å². The number of ether oxygens (including phenoxy) is 1. The molecular weight excluding hydrogens is 287 g/mol. The van der Waals surface area contributed by atoms with Gasteiger partial charge in [-0.1, -0.05) is 6.92 Å². The highest BCUT2D eigenvalue weighted by Gasteiger charge is 2.15. The van der Waals surface area contributed by atoms with E-state index < -0.39 is 21.7 Å². The lowest BCUT2D eigenvalue weighted by Gasteiger charge is -2.11. The summed E-state index contributed by atoms with van der Waals surface area (Å²) in [7, 11) is -2.43. The molecule has 0 saturated heterocycles. The van der Waals surface area contributed by atoms with E-state index in [9.17, 15) is 17.6 Å². The van der Waals surface area contributed by atoms with Crippen molar-refractivity contribution in [3.05, 3.63) is 24.0 Å². The van der Waals surface area contributed by atoms with E-state index in [2.05, 4.69) is 5.32 Å². The Morgan fingerprint density at radius 1 is 1.50 bits per heavy atom. The molecule has 112 valence electrons. The van der Waals surface area contributed by atoms with Gasteiger partial charge in [-0.15, -0.1) is 0 Å². The van der Waals surface area contributed by atoms with Crippen molar-refractivity contribution >= 4 is 21.6 Å². The number of anilines is 1. The quantitative estimate of drug-likeness (QED) is 0.821. The van der Waals surface area contributed by atoms with E-state index in [1.165, 1.54) is 7.11 Å². The highest BCUT2D eigenvalue weighted by atomic mass is 32.2. The summed E-state index contributed by atoms with van der Waals surface area (Å²) < 4.78 is 40.8. The van der Waals surface area contributed by atoms with E-state index in [0.717, 1.165) is 18.2 Å². The van der Waals surface area contributed by atoms with Crippen LogP contribution < -0.4 is 10.5 Å². The minimum atomic E-state index is -3.95. The van der Waals surface area contributed by atoms with Gasteiger partial charge in [0.1, 0.15) is 5.82 Å². The van der Waals surface area contributed by atoms with Crippen LogP contribution in [-0.4, -0.2) is 28.0 Å². The van der Waals surface area contributed by atoms with E-state index in [1.54, 1.807) is 6.92 Å². The number of amides is 1. The molecule has 0 radical (unpaired) electrons. The first-order valence-corrected chi connectivity index (χ1v) is 7.39. The molecule has 0 saturated carbocycles. The lowest BCUT2D eigenvalue weighted by atomic mass is 10.1. The van der Waals surface area contributed by atoms with Crippen molar-refractivity contribution in [2.45, 2.75) is 18.2 Å². The fourth-order valence-corrected chi connectivity index (χ4v) is 2.18. The first kappa shape index (κ1) is 16.5. The SMILES string of the molecule is COCC(C)CC(=O)Nc1cc(S(N)(=O)=O)ccc1F. The number of nitrogens with one attached hydrogen (secondary N) is 1. The maximum atomic E-state index is 13.5. The van der Waals surface area contributed by atoms with Crippen molar-refractivity contribution in [3.8, 4) is 0 Å². The fourth-order valence-electron chi connectivity index (χ4n) is 1.64. The van der Waals surface area contributed by atoms with Gasteiger partial charge in [-0.2, -0.15) is 0 Å². The molecule has 1 atom stereocenters. The lowest BCUT2D eigenvalue weighted by molar-refractivity contribution is -0.117. The normalized spacial score (nSPS) is 13.0. The van der Waals surface area contributed by atoms with Gasteiger partial charge in [-0.05, 0) is 24.1 Å². The molecule has 0 aliphatic carbocycles. The smallest absolute Gasteiger partial charge is 0.238 e. The zero-order valence-corrected chi connectivity index (χ0v) is 12.0. The first-order chi connectivity index (χ1) is 9.24. The highest BCUT2D eigenvalue weighted by molar-refractivity contribution is 7.89. The van der Waals surface area contributed by atoms with Gasteiger partial charge in [-0.25, -0.2) is 17.9 Å². The molecule has 0 fully saturated rings. The standard InChI is InChI=1S/C12H17FN2O4S/c1-8(7-19-2)5-12(16)15-11-6-9(20(14,17)18)3-4-10(11)13/h3-4,6,8H,5,7H2,1-2H3,(H,15,16)(H2,14,17,18). The molecular formula is C12H17FN2O4S. The minimum absolute atomic E-state index is 0.0375. The van der Waals surface area contributed by atoms with Crippen LogP contribution in [0.15, 0.2) is 23.1 Å². The molecule has 1 rings (SSSR count). The number of nitrogens with two attached hydrogens (primary N) is 1. The van der Waals surface area contributed by atoms with Crippen LogP contribution in [0.3, 0.4) is 0 Å². The largest absolute Gasteiger partial charge is 0.384 e. The van der Waals surface area contributed by atoms with E-state index in [4.69, 9.17) is 9.88 Å². The zero-order valence-electron chi connectivity index (χ0n) is 11.2. The molecule has 1 unspecified atom stereocenters. The Bertz CT molecular complexity index is 589. The topological polar surface area (TPSA) is 98.5 Å². The number of halogens is 1. The van der Waals surface area contributed by atoms with E-state index in [0.29, 0.717) is 6.61 Å².